The van der Waals surface area contributed by atoms with Crippen LogP contribution in [0.3, 0.4) is 0 Å². The number of nitrogens with zero attached hydrogens (tertiary/aromatic N) is 3. The molecule has 1 saturated heterocycles. The van der Waals surface area contributed by atoms with Crippen molar-refractivity contribution in [2.24, 2.45) is 4.99 Å². The van der Waals surface area contributed by atoms with E-state index in [1.807, 2.05) is 25.6 Å². The molecular weight excluding hydrogens is 372 g/mol. The topological polar surface area (TPSA) is 74.2 Å². The largest absolute Gasteiger partial charge is 0.378 e. The maximum absolute atomic E-state index is 12.4. The molecule has 1 N–H and O–H groups in total. The lowest BCUT2D eigenvalue weighted by Gasteiger charge is -2.36. The van der Waals surface area contributed by atoms with Gasteiger partial charge < -0.3 is 15.0 Å². The summed E-state index contributed by atoms with van der Waals surface area (Å²) in [5.41, 5.74) is 0. The molecule has 1 aliphatic heterocycles. The summed E-state index contributed by atoms with van der Waals surface area (Å²) in [7, 11) is -3.25. The summed E-state index contributed by atoms with van der Waals surface area (Å²) in [5.74, 6) is 2.12. The van der Waals surface area contributed by atoms with Crippen molar-refractivity contribution in [1.29, 1.82) is 0 Å². The molecule has 1 fully saturated rings. The van der Waals surface area contributed by atoms with Gasteiger partial charge in [0.2, 0.25) is 10.0 Å². The minimum absolute atomic E-state index is 0.0504. The van der Waals surface area contributed by atoms with Crippen LogP contribution in [-0.2, 0) is 14.8 Å². The zero-order valence-electron chi connectivity index (χ0n) is 16.7. The maximum atomic E-state index is 12.4. The molecule has 0 unspecified atom stereocenters. The van der Waals surface area contributed by atoms with Crippen molar-refractivity contribution in [1.82, 2.24) is 14.5 Å². The first kappa shape index (κ1) is 23.5. The standard InChI is InChI=1S/C17H36N4O3S2/c1-5-18-17(19-8-6-7-14-25-4)20-9-11-21(12-10-20)26(22,23)15-13-24-16(2)3/h16H,5-15H2,1-4H3,(H,18,19). The number of hydrogen-bond acceptors (Lipinski definition) is 5. The van der Waals surface area contributed by atoms with Gasteiger partial charge in [0.15, 0.2) is 5.96 Å². The number of ether oxygens (including phenoxy) is 1. The molecule has 0 aromatic rings. The van der Waals surface area contributed by atoms with Crippen molar-refractivity contribution in [2.45, 2.75) is 39.7 Å². The fourth-order valence-corrected chi connectivity index (χ4v) is 4.44. The number of guanidine groups is 1. The zero-order chi connectivity index (χ0) is 19.4. The first-order valence-corrected chi connectivity index (χ1v) is 12.5. The van der Waals surface area contributed by atoms with Gasteiger partial charge in [-0.25, -0.2) is 8.42 Å². The summed E-state index contributed by atoms with van der Waals surface area (Å²) in [5, 5.41) is 3.33. The second-order valence-corrected chi connectivity index (χ2v) is 9.63. The van der Waals surface area contributed by atoms with Crippen LogP contribution < -0.4 is 5.32 Å². The van der Waals surface area contributed by atoms with E-state index in [2.05, 4.69) is 23.4 Å². The number of nitrogens with one attached hydrogen (secondary N) is 1. The van der Waals surface area contributed by atoms with E-state index in [1.165, 1.54) is 12.2 Å². The van der Waals surface area contributed by atoms with Crippen LogP contribution >= 0.6 is 11.8 Å². The van der Waals surface area contributed by atoms with Gasteiger partial charge in [-0.2, -0.15) is 16.1 Å². The lowest BCUT2D eigenvalue weighted by Crippen LogP contribution is -2.54. The molecule has 0 aromatic carbocycles. The molecule has 1 heterocycles. The second kappa shape index (κ2) is 12.8. The molecule has 0 radical (unpaired) electrons. The van der Waals surface area contributed by atoms with E-state index in [9.17, 15) is 8.42 Å². The minimum atomic E-state index is -3.25. The predicted octanol–water partition coefficient (Wildman–Crippen LogP) is 1.47. The van der Waals surface area contributed by atoms with Gasteiger partial charge in [0.1, 0.15) is 0 Å². The Morgan fingerprint density at radius 3 is 2.50 bits per heavy atom. The van der Waals surface area contributed by atoms with E-state index in [-0.39, 0.29) is 18.5 Å². The van der Waals surface area contributed by atoms with E-state index < -0.39 is 10.0 Å². The highest BCUT2D eigenvalue weighted by molar-refractivity contribution is 7.98. The molecule has 1 rings (SSSR count). The number of hydrogen-bond donors (Lipinski definition) is 1. The molecule has 0 atom stereocenters. The van der Waals surface area contributed by atoms with Crippen molar-refractivity contribution >= 4 is 27.7 Å². The Kier molecular flexibility index (Phi) is 11.6. The van der Waals surface area contributed by atoms with Crippen LogP contribution in [-0.4, -0.2) is 93.3 Å². The molecule has 9 heteroatoms. The number of aliphatic imine (C=N–C) groups is 1. The number of unbranched alkanes of at least 4 members (excludes halogenated alkanes) is 1. The zero-order valence-corrected chi connectivity index (χ0v) is 18.4. The van der Waals surface area contributed by atoms with Crippen LogP contribution in [0.4, 0.5) is 0 Å². The number of sulfonamides is 1. The molecule has 154 valence electrons. The highest BCUT2D eigenvalue weighted by Crippen LogP contribution is 2.09. The van der Waals surface area contributed by atoms with Gasteiger partial charge in [-0.05, 0) is 45.6 Å². The predicted molar refractivity (Wildman–Crippen MR) is 112 cm³/mol. The Bertz CT molecular complexity index is 504. The Morgan fingerprint density at radius 1 is 1.23 bits per heavy atom. The van der Waals surface area contributed by atoms with Gasteiger partial charge in [0.05, 0.1) is 18.5 Å². The molecular formula is C17H36N4O3S2. The van der Waals surface area contributed by atoms with E-state index >= 15 is 0 Å². The van der Waals surface area contributed by atoms with E-state index in [0.29, 0.717) is 26.2 Å². The average molecular weight is 409 g/mol. The maximum Gasteiger partial charge on any atom is 0.216 e. The number of thioether (sulfide) groups is 1. The minimum Gasteiger partial charge on any atom is -0.378 e. The molecule has 0 aliphatic carbocycles. The molecule has 0 aromatic heterocycles. The first-order chi connectivity index (χ1) is 12.4. The van der Waals surface area contributed by atoms with Crippen LogP contribution in [0.2, 0.25) is 0 Å². The van der Waals surface area contributed by atoms with Crippen LogP contribution in [0.5, 0.6) is 0 Å². The number of rotatable bonds is 11. The summed E-state index contributed by atoms with van der Waals surface area (Å²) in [6, 6.07) is 0. The SMILES string of the molecule is CCNC(=NCCCCSC)N1CCN(S(=O)(=O)CCOC(C)C)CC1. The Labute approximate surface area is 164 Å². The first-order valence-electron chi connectivity index (χ1n) is 9.52. The van der Waals surface area contributed by atoms with Gasteiger partial charge in [-0.1, -0.05) is 0 Å². The molecule has 0 bridgehead atoms. The van der Waals surface area contributed by atoms with Gasteiger partial charge in [0.25, 0.3) is 0 Å². The number of piperazine rings is 1. The second-order valence-electron chi connectivity index (χ2n) is 6.56. The Morgan fingerprint density at radius 2 is 1.92 bits per heavy atom. The fraction of sp³-hybridized carbons (Fsp3) is 0.941. The van der Waals surface area contributed by atoms with E-state index in [4.69, 9.17) is 9.73 Å². The van der Waals surface area contributed by atoms with Crippen molar-refractivity contribution in [2.75, 3.05) is 63.6 Å². The van der Waals surface area contributed by atoms with Crippen LogP contribution in [0.1, 0.15) is 33.6 Å². The highest BCUT2D eigenvalue weighted by Gasteiger charge is 2.27. The van der Waals surface area contributed by atoms with Gasteiger partial charge in [0, 0.05) is 39.3 Å². The third kappa shape index (κ3) is 8.92. The molecule has 0 saturated carbocycles. The Balaban J connectivity index is 2.49. The average Bonchev–Trinajstić information content (AvgIpc) is 2.60. The van der Waals surface area contributed by atoms with E-state index in [1.54, 1.807) is 4.31 Å². The smallest absolute Gasteiger partial charge is 0.216 e. The van der Waals surface area contributed by atoms with Crippen LogP contribution in [0, 0.1) is 0 Å². The van der Waals surface area contributed by atoms with Gasteiger partial charge in [-0.15, -0.1) is 0 Å². The summed E-state index contributed by atoms with van der Waals surface area (Å²) >= 11 is 1.86. The fourth-order valence-electron chi connectivity index (χ4n) is 2.67. The lowest BCUT2D eigenvalue weighted by molar-refractivity contribution is 0.0904. The summed E-state index contributed by atoms with van der Waals surface area (Å²) in [6.07, 6.45) is 4.43. The lowest BCUT2D eigenvalue weighted by atomic mass is 10.3. The molecule has 1 aliphatic rings. The van der Waals surface area contributed by atoms with E-state index in [0.717, 1.165) is 25.5 Å². The van der Waals surface area contributed by atoms with Crippen molar-refractivity contribution in [3.63, 3.8) is 0 Å². The third-order valence-electron chi connectivity index (χ3n) is 4.08. The molecule has 7 nitrogen and oxygen atoms in total. The van der Waals surface area contributed by atoms with Crippen molar-refractivity contribution < 1.29 is 13.2 Å². The van der Waals surface area contributed by atoms with Crippen LogP contribution in [0.25, 0.3) is 0 Å². The molecule has 26 heavy (non-hydrogen) atoms. The Hall–Kier alpha value is -0.510. The quantitative estimate of drug-likeness (QED) is 0.317. The van der Waals surface area contributed by atoms with Crippen molar-refractivity contribution in [3.05, 3.63) is 0 Å². The summed E-state index contributed by atoms with van der Waals surface area (Å²) in [4.78, 5) is 6.86. The van der Waals surface area contributed by atoms with Gasteiger partial charge in [-0.3, -0.25) is 4.99 Å². The van der Waals surface area contributed by atoms with Crippen LogP contribution in [0.15, 0.2) is 4.99 Å². The monoisotopic (exact) mass is 408 g/mol. The molecule has 0 spiro atoms. The summed E-state index contributed by atoms with van der Waals surface area (Å²) in [6.45, 7) is 10.1. The van der Waals surface area contributed by atoms with Gasteiger partial charge >= 0.3 is 0 Å². The normalized spacial score (nSPS) is 17.1. The summed E-state index contributed by atoms with van der Waals surface area (Å²) < 4.78 is 31.8. The third-order valence-corrected chi connectivity index (χ3v) is 6.61. The highest BCUT2D eigenvalue weighted by atomic mass is 32.2. The van der Waals surface area contributed by atoms with Crippen molar-refractivity contribution in [3.8, 4) is 0 Å². The molecule has 0 amide bonds.